The second kappa shape index (κ2) is 5.17. The number of carboxylic acid groups (broad SMARTS) is 1. The number of rotatable bonds is 4. The Morgan fingerprint density at radius 2 is 2.15 bits per heavy atom. The normalized spacial score (nSPS) is 18.9. The van der Waals surface area contributed by atoms with E-state index in [1.807, 2.05) is 0 Å². The molecule has 1 aromatic carbocycles. The number of cyclic esters (lactones) is 1. The summed E-state index contributed by atoms with van der Waals surface area (Å²) in [6.07, 6.45) is 0.186. The smallest absolute Gasteiger partial charge is 0.338 e. The van der Waals surface area contributed by atoms with Gasteiger partial charge in [-0.1, -0.05) is 0 Å². The zero-order valence-corrected chi connectivity index (χ0v) is 10.8. The van der Waals surface area contributed by atoms with Crippen LogP contribution in [0.2, 0.25) is 0 Å². The van der Waals surface area contributed by atoms with Crippen molar-refractivity contribution in [3.05, 3.63) is 29.6 Å². The van der Waals surface area contributed by atoms with Crippen LogP contribution < -0.4 is 4.72 Å². The van der Waals surface area contributed by atoms with E-state index < -0.39 is 44.3 Å². The molecule has 2 N–H and O–H groups in total. The maximum Gasteiger partial charge on any atom is 0.338 e. The number of carboxylic acids is 1. The van der Waals surface area contributed by atoms with Gasteiger partial charge in [-0.2, -0.15) is 4.72 Å². The lowest BCUT2D eigenvalue weighted by molar-refractivity contribution is -0.139. The summed E-state index contributed by atoms with van der Waals surface area (Å²) in [7, 11) is -4.13. The lowest BCUT2D eigenvalue weighted by Crippen LogP contribution is -2.37. The molecular formula is C11H10FNO6S. The first-order valence-electron chi connectivity index (χ1n) is 5.53. The molecule has 20 heavy (non-hydrogen) atoms. The third-order valence-electron chi connectivity index (χ3n) is 2.71. The molecule has 9 heteroatoms. The Labute approximate surface area is 113 Å². The highest BCUT2D eigenvalue weighted by Crippen LogP contribution is 2.17. The molecule has 0 saturated carbocycles. The molecule has 1 aliphatic heterocycles. The molecule has 1 saturated heterocycles. The van der Waals surface area contributed by atoms with E-state index in [0.717, 1.165) is 12.1 Å². The van der Waals surface area contributed by atoms with Gasteiger partial charge in [0.25, 0.3) is 0 Å². The summed E-state index contributed by atoms with van der Waals surface area (Å²) >= 11 is 0. The molecule has 108 valence electrons. The lowest BCUT2D eigenvalue weighted by Gasteiger charge is -2.10. The van der Waals surface area contributed by atoms with Gasteiger partial charge in [-0.25, -0.2) is 17.6 Å². The summed E-state index contributed by atoms with van der Waals surface area (Å²) in [5.74, 6) is -3.33. The fourth-order valence-corrected chi connectivity index (χ4v) is 2.94. The van der Waals surface area contributed by atoms with Crippen LogP contribution in [0.4, 0.5) is 4.39 Å². The van der Waals surface area contributed by atoms with E-state index in [-0.39, 0.29) is 13.0 Å². The van der Waals surface area contributed by atoms with Gasteiger partial charge in [-0.05, 0) is 18.2 Å². The highest BCUT2D eigenvalue weighted by Gasteiger charge is 2.31. The van der Waals surface area contributed by atoms with Gasteiger partial charge < -0.3 is 9.84 Å². The van der Waals surface area contributed by atoms with Crippen LogP contribution in [-0.2, 0) is 19.6 Å². The SMILES string of the molecule is O=C(O)c1cc(S(=O)(=O)NC2CCOC2=O)ccc1F. The second-order valence-corrected chi connectivity index (χ2v) is 5.79. The minimum Gasteiger partial charge on any atom is -0.478 e. The Morgan fingerprint density at radius 3 is 2.70 bits per heavy atom. The standard InChI is InChI=1S/C11H10FNO6S/c12-8-2-1-6(5-7(8)10(14)15)20(17,18)13-9-3-4-19-11(9)16/h1-2,5,9,13H,3-4H2,(H,14,15). The highest BCUT2D eigenvalue weighted by molar-refractivity contribution is 7.89. The van der Waals surface area contributed by atoms with E-state index in [2.05, 4.69) is 9.46 Å². The van der Waals surface area contributed by atoms with Gasteiger partial charge in [0.15, 0.2) is 0 Å². The minimum atomic E-state index is -4.13. The predicted octanol–water partition coefficient (Wildman–Crippen LogP) is 0.118. The van der Waals surface area contributed by atoms with E-state index >= 15 is 0 Å². The number of halogens is 1. The first-order valence-corrected chi connectivity index (χ1v) is 7.01. The van der Waals surface area contributed by atoms with Crippen LogP contribution in [-0.4, -0.2) is 38.1 Å². The first-order chi connectivity index (χ1) is 9.31. The van der Waals surface area contributed by atoms with Crippen molar-refractivity contribution in [1.82, 2.24) is 4.72 Å². The number of carbonyl (C=O) groups is 2. The van der Waals surface area contributed by atoms with Gasteiger partial charge in [0.05, 0.1) is 17.1 Å². The molecule has 0 bridgehead atoms. The quantitative estimate of drug-likeness (QED) is 0.764. The number of aromatic carboxylic acids is 1. The van der Waals surface area contributed by atoms with E-state index in [1.165, 1.54) is 0 Å². The Hall–Kier alpha value is -2.00. The van der Waals surface area contributed by atoms with E-state index in [9.17, 15) is 22.4 Å². The molecular weight excluding hydrogens is 293 g/mol. The van der Waals surface area contributed by atoms with E-state index in [0.29, 0.717) is 6.07 Å². The van der Waals surface area contributed by atoms with Crippen molar-refractivity contribution < 1.29 is 32.2 Å². The van der Waals surface area contributed by atoms with E-state index in [4.69, 9.17) is 5.11 Å². The third kappa shape index (κ3) is 2.78. The number of sulfonamides is 1. The van der Waals surface area contributed by atoms with Crippen molar-refractivity contribution in [1.29, 1.82) is 0 Å². The zero-order valence-electron chi connectivity index (χ0n) is 10.00. The van der Waals surface area contributed by atoms with Crippen LogP contribution in [0.15, 0.2) is 23.1 Å². The van der Waals surface area contributed by atoms with Gasteiger partial charge >= 0.3 is 11.9 Å². The summed E-state index contributed by atoms with van der Waals surface area (Å²) in [5.41, 5.74) is -0.762. The fourth-order valence-electron chi connectivity index (χ4n) is 1.69. The molecule has 7 nitrogen and oxygen atoms in total. The van der Waals surface area contributed by atoms with Gasteiger partial charge in [0.2, 0.25) is 10.0 Å². The summed E-state index contributed by atoms with van der Waals surface area (Å²) in [4.78, 5) is 21.5. The van der Waals surface area contributed by atoms with Crippen molar-refractivity contribution in [3.8, 4) is 0 Å². The Balaban J connectivity index is 2.32. The molecule has 0 spiro atoms. The number of benzene rings is 1. The summed E-state index contributed by atoms with van der Waals surface area (Å²) < 4.78 is 43.9. The number of hydrogen-bond acceptors (Lipinski definition) is 5. The van der Waals surface area contributed by atoms with Crippen LogP contribution in [0.5, 0.6) is 0 Å². The molecule has 0 aliphatic carbocycles. The molecule has 0 amide bonds. The largest absolute Gasteiger partial charge is 0.478 e. The van der Waals surface area contributed by atoms with Crippen LogP contribution >= 0.6 is 0 Å². The lowest BCUT2D eigenvalue weighted by atomic mass is 10.2. The van der Waals surface area contributed by atoms with Crippen LogP contribution in [0, 0.1) is 5.82 Å². The van der Waals surface area contributed by atoms with Crippen LogP contribution in [0.3, 0.4) is 0 Å². The molecule has 1 aliphatic rings. The van der Waals surface area contributed by atoms with Crippen molar-refractivity contribution >= 4 is 22.0 Å². The van der Waals surface area contributed by atoms with Crippen molar-refractivity contribution in [3.63, 3.8) is 0 Å². The van der Waals surface area contributed by atoms with Crippen molar-refractivity contribution in [2.75, 3.05) is 6.61 Å². The minimum absolute atomic E-state index is 0.107. The maximum atomic E-state index is 13.2. The fraction of sp³-hybridized carbons (Fsp3) is 0.273. The monoisotopic (exact) mass is 303 g/mol. The highest BCUT2D eigenvalue weighted by atomic mass is 32.2. The number of esters is 1. The second-order valence-electron chi connectivity index (χ2n) is 4.08. The zero-order chi connectivity index (χ0) is 14.9. The number of carbonyl (C=O) groups excluding carboxylic acids is 1. The van der Waals surface area contributed by atoms with Crippen LogP contribution in [0.25, 0.3) is 0 Å². The van der Waals surface area contributed by atoms with E-state index in [1.54, 1.807) is 0 Å². The summed E-state index contributed by atoms with van der Waals surface area (Å²) in [6.45, 7) is 0.107. The van der Waals surface area contributed by atoms with Gasteiger partial charge in [0.1, 0.15) is 11.9 Å². The van der Waals surface area contributed by atoms with Crippen molar-refractivity contribution in [2.24, 2.45) is 0 Å². The molecule has 1 heterocycles. The average molecular weight is 303 g/mol. The van der Waals surface area contributed by atoms with Gasteiger partial charge in [-0.15, -0.1) is 0 Å². The third-order valence-corrected chi connectivity index (χ3v) is 4.18. The number of hydrogen-bond donors (Lipinski definition) is 2. The molecule has 1 fully saturated rings. The molecule has 2 rings (SSSR count). The topological polar surface area (TPSA) is 110 Å². The molecule has 1 aromatic rings. The maximum absolute atomic E-state index is 13.2. The average Bonchev–Trinajstić information content (AvgIpc) is 2.74. The van der Waals surface area contributed by atoms with Crippen LogP contribution in [0.1, 0.15) is 16.8 Å². The Morgan fingerprint density at radius 1 is 1.45 bits per heavy atom. The molecule has 0 radical (unpaired) electrons. The first kappa shape index (κ1) is 14.4. The molecule has 1 unspecified atom stereocenters. The Bertz CT molecular complexity index is 671. The molecule has 1 atom stereocenters. The van der Waals surface area contributed by atoms with Gasteiger partial charge in [-0.3, -0.25) is 4.79 Å². The predicted molar refractivity (Wildman–Crippen MR) is 63.0 cm³/mol. The summed E-state index contributed by atoms with van der Waals surface area (Å²) in [6, 6.07) is 1.34. The number of ether oxygens (including phenoxy) is 1. The van der Waals surface area contributed by atoms with Gasteiger partial charge in [0, 0.05) is 6.42 Å². The summed E-state index contributed by atoms with van der Waals surface area (Å²) in [5, 5.41) is 8.75. The van der Waals surface area contributed by atoms with Crippen molar-refractivity contribution in [2.45, 2.75) is 17.4 Å². The Kier molecular flexibility index (Phi) is 3.73. The molecule has 0 aromatic heterocycles. The number of nitrogens with one attached hydrogen (secondary N) is 1.